The second-order valence-corrected chi connectivity index (χ2v) is 11.4. The molecule has 1 aliphatic carbocycles. The predicted octanol–water partition coefficient (Wildman–Crippen LogP) is 3.84. The molecule has 4 rings (SSSR count). The zero-order valence-electron chi connectivity index (χ0n) is 21.7. The summed E-state index contributed by atoms with van der Waals surface area (Å²) in [6.07, 6.45) is 2.80. The van der Waals surface area contributed by atoms with Gasteiger partial charge >= 0.3 is 0 Å². The molecule has 1 saturated carbocycles. The van der Waals surface area contributed by atoms with E-state index in [1.807, 2.05) is 67.6 Å². The van der Waals surface area contributed by atoms with Crippen LogP contribution in [0.5, 0.6) is 0 Å². The van der Waals surface area contributed by atoms with Crippen LogP contribution >= 0.6 is 0 Å². The van der Waals surface area contributed by atoms with E-state index in [9.17, 15) is 18.0 Å². The molecule has 0 bridgehead atoms. The highest BCUT2D eigenvalue weighted by Crippen LogP contribution is 2.23. The van der Waals surface area contributed by atoms with E-state index in [0.29, 0.717) is 25.9 Å². The molecule has 3 aromatic rings. The summed E-state index contributed by atoms with van der Waals surface area (Å²) in [6.45, 7) is 2.66. The van der Waals surface area contributed by atoms with E-state index in [0.717, 1.165) is 29.5 Å². The van der Waals surface area contributed by atoms with E-state index in [1.165, 1.54) is 0 Å². The molecule has 1 fully saturated rings. The Labute approximate surface area is 225 Å². The first-order chi connectivity index (χ1) is 18.4. The van der Waals surface area contributed by atoms with Gasteiger partial charge in [0.1, 0.15) is 6.04 Å². The Kier molecular flexibility index (Phi) is 9.31. The zero-order valence-corrected chi connectivity index (χ0v) is 22.5. The molecule has 0 saturated heterocycles. The molecule has 0 aromatic heterocycles. The van der Waals surface area contributed by atoms with Gasteiger partial charge in [-0.25, -0.2) is 13.1 Å². The Morgan fingerprint density at radius 1 is 0.868 bits per heavy atom. The third kappa shape index (κ3) is 7.76. The van der Waals surface area contributed by atoms with Gasteiger partial charge in [0.15, 0.2) is 0 Å². The molecule has 0 heterocycles. The zero-order chi connectivity index (χ0) is 27.0. The van der Waals surface area contributed by atoms with Crippen molar-refractivity contribution in [2.24, 2.45) is 0 Å². The summed E-state index contributed by atoms with van der Waals surface area (Å²) >= 11 is 0. The number of benzene rings is 3. The molecule has 0 radical (unpaired) electrons. The number of likely N-dealkylation sites (N-methyl/N-ethyl adjacent to an activating group) is 1. The van der Waals surface area contributed by atoms with Gasteiger partial charge in [-0.2, -0.15) is 0 Å². The summed E-state index contributed by atoms with van der Waals surface area (Å²) in [5, 5.41) is 2.90. The van der Waals surface area contributed by atoms with Gasteiger partial charge in [0.05, 0.1) is 4.90 Å². The predicted molar refractivity (Wildman–Crippen MR) is 148 cm³/mol. The van der Waals surface area contributed by atoms with Crippen LogP contribution in [-0.4, -0.2) is 43.8 Å². The van der Waals surface area contributed by atoms with Crippen LogP contribution in [0.15, 0.2) is 89.8 Å². The molecule has 2 amide bonds. The van der Waals surface area contributed by atoms with Crippen molar-refractivity contribution in [2.75, 3.05) is 6.54 Å². The molecule has 3 aromatic carbocycles. The summed E-state index contributed by atoms with van der Waals surface area (Å²) in [6, 6.07) is 25.4. The molecular formula is C30H35N3O4S. The standard InChI is InChI=1S/C30H35N3O4S/c1-2-31-30(35)28(21-24-9-5-3-6-10-24)33(22-25-11-7-4-8-12-25)29(34)20-15-23-13-18-27(19-14-23)38(36,37)32-26-16-17-26/h3-14,18-19,26,28,32H,2,15-17,20-22H2,1H3,(H,31,35)/t28-/m0/s1. The number of aryl methyl sites for hydroxylation is 1. The summed E-state index contributed by atoms with van der Waals surface area (Å²) in [5.74, 6) is -0.313. The maximum atomic E-state index is 13.7. The topological polar surface area (TPSA) is 95.6 Å². The number of rotatable bonds is 13. The van der Waals surface area contributed by atoms with Crippen LogP contribution in [0, 0.1) is 0 Å². The minimum absolute atomic E-state index is 0.0432. The van der Waals surface area contributed by atoms with Crippen LogP contribution in [0.4, 0.5) is 0 Å². The Bertz CT molecular complexity index is 1310. The summed E-state index contributed by atoms with van der Waals surface area (Å²) < 4.78 is 27.6. The van der Waals surface area contributed by atoms with Crippen molar-refractivity contribution in [1.29, 1.82) is 0 Å². The average Bonchev–Trinajstić information content (AvgIpc) is 3.74. The quantitative estimate of drug-likeness (QED) is 0.349. The highest BCUT2D eigenvalue weighted by atomic mass is 32.2. The van der Waals surface area contributed by atoms with E-state index in [1.54, 1.807) is 29.2 Å². The molecule has 200 valence electrons. The fraction of sp³-hybridized carbons (Fsp3) is 0.333. The van der Waals surface area contributed by atoms with Crippen molar-refractivity contribution in [3.05, 3.63) is 102 Å². The van der Waals surface area contributed by atoms with Crippen LogP contribution in [-0.2, 0) is 39.0 Å². The lowest BCUT2D eigenvalue weighted by Gasteiger charge is -2.31. The number of nitrogens with one attached hydrogen (secondary N) is 2. The van der Waals surface area contributed by atoms with Crippen molar-refractivity contribution in [3.8, 4) is 0 Å². The maximum absolute atomic E-state index is 13.7. The van der Waals surface area contributed by atoms with Gasteiger partial charge in [-0.1, -0.05) is 72.8 Å². The van der Waals surface area contributed by atoms with Crippen molar-refractivity contribution in [3.63, 3.8) is 0 Å². The molecule has 2 N–H and O–H groups in total. The van der Waals surface area contributed by atoms with Crippen LogP contribution in [0.25, 0.3) is 0 Å². The Hall–Kier alpha value is -3.49. The molecule has 7 nitrogen and oxygen atoms in total. The van der Waals surface area contributed by atoms with Crippen molar-refractivity contribution >= 4 is 21.8 Å². The number of amides is 2. The largest absolute Gasteiger partial charge is 0.355 e. The monoisotopic (exact) mass is 533 g/mol. The lowest BCUT2D eigenvalue weighted by molar-refractivity contribution is -0.141. The van der Waals surface area contributed by atoms with Gasteiger partial charge in [0.25, 0.3) is 0 Å². The third-order valence-corrected chi connectivity index (χ3v) is 8.11. The Balaban J connectivity index is 1.51. The first-order valence-electron chi connectivity index (χ1n) is 13.1. The number of hydrogen-bond acceptors (Lipinski definition) is 4. The number of carbonyl (C=O) groups excluding carboxylic acids is 2. The number of hydrogen-bond donors (Lipinski definition) is 2. The smallest absolute Gasteiger partial charge is 0.243 e. The first kappa shape index (κ1) is 27.5. The van der Waals surface area contributed by atoms with Crippen LogP contribution < -0.4 is 10.0 Å². The van der Waals surface area contributed by atoms with Crippen molar-refractivity contribution in [1.82, 2.24) is 14.9 Å². The molecular weight excluding hydrogens is 498 g/mol. The van der Waals surface area contributed by atoms with Crippen LogP contribution in [0.1, 0.15) is 42.9 Å². The highest BCUT2D eigenvalue weighted by Gasteiger charge is 2.30. The number of sulfonamides is 1. The highest BCUT2D eigenvalue weighted by molar-refractivity contribution is 7.89. The number of carbonyl (C=O) groups is 2. The Morgan fingerprint density at radius 3 is 2.05 bits per heavy atom. The van der Waals surface area contributed by atoms with Gasteiger partial charge in [0.2, 0.25) is 21.8 Å². The van der Waals surface area contributed by atoms with Gasteiger partial charge in [-0.15, -0.1) is 0 Å². The van der Waals surface area contributed by atoms with Crippen LogP contribution in [0.3, 0.4) is 0 Å². The van der Waals surface area contributed by atoms with Gasteiger partial charge < -0.3 is 10.2 Å². The van der Waals surface area contributed by atoms with Gasteiger partial charge in [-0.05, 0) is 55.0 Å². The van der Waals surface area contributed by atoms with Crippen LogP contribution in [0.2, 0.25) is 0 Å². The fourth-order valence-corrected chi connectivity index (χ4v) is 5.65. The normalized spacial score (nSPS) is 14.0. The second kappa shape index (κ2) is 12.8. The van der Waals surface area contributed by atoms with E-state index >= 15 is 0 Å². The molecule has 38 heavy (non-hydrogen) atoms. The number of nitrogens with zero attached hydrogens (tertiary/aromatic N) is 1. The second-order valence-electron chi connectivity index (χ2n) is 9.65. The SMILES string of the molecule is CCNC(=O)[C@H](Cc1ccccc1)N(Cc1ccccc1)C(=O)CCc1ccc(S(=O)(=O)NC2CC2)cc1. The molecule has 0 aliphatic heterocycles. The first-order valence-corrected chi connectivity index (χ1v) is 14.6. The van der Waals surface area contributed by atoms with E-state index in [2.05, 4.69) is 10.0 Å². The fourth-order valence-electron chi connectivity index (χ4n) is 4.34. The Morgan fingerprint density at radius 2 is 1.47 bits per heavy atom. The lowest BCUT2D eigenvalue weighted by Crippen LogP contribution is -2.50. The molecule has 1 atom stereocenters. The summed E-state index contributed by atoms with van der Waals surface area (Å²) in [4.78, 5) is 28.8. The molecule has 8 heteroatoms. The third-order valence-electron chi connectivity index (χ3n) is 6.58. The van der Waals surface area contributed by atoms with Crippen molar-refractivity contribution in [2.45, 2.75) is 62.6 Å². The van der Waals surface area contributed by atoms with E-state index in [4.69, 9.17) is 0 Å². The van der Waals surface area contributed by atoms with Gasteiger partial charge in [-0.3, -0.25) is 9.59 Å². The van der Waals surface area contributed by atoms with E-state index < -0.39 is 16.1 Å². The average molecular weight is 534 g/mol. The summed E-state index contributed by atoms with van der Waals surface area (Å²) in [7, 11) is -3.52. The maximum Gasteiger partial charge on any atom is 0.243 e. The lowest BCUT2D eigenvalue weighted by atomic mass is 10.0. The van der Waals surface area contributed by atoms with Gasteiger partial charge in [0, 0.05) is 32.0 Å². The minimum atomic E-state index is -3.52. The molecule has 0 unspecified atom stereocenters. The van der Waals surface area contributed by atoms with E-state index in [-0.39, 0.29) is 29.2 Å². The minimum Gasteiger partial charge on any atom is -0.355 e. The summed E-state index contributed by atoms with van der Waals surface area (Å²) in [5.41, 5.74) is 2.79. The molecule has 0 spiro atoms. The molecule has 1 aliphatic rings. The van der Waals surface area contributed by atoms with Crippen molar-refractivity contribution < 1.29 is 18.0 Å².